The van der Waals surface area contributed by atoms with Crippen LogP contribution in [-0.4, -0.2) is 45.9 Å². The largest absolute Gasteiger partial charge is 0.383 e. The summed E-state index contributed by atoms with van der Waals surface area (Å²) in [7, 11) is 1.70. The Morgan fingerprint density at radius 1 is 1.24 bits per heavy atom. The minimum absolute atomic E-state index is 0. The van der Waals surface area contributed by atoms with Crippen molar-refractivity contribution in [1.82, 2.24) is 10.6 Å². The minimum Gasteiger partial charge on any atom is -0.383 e. The molecule has 0 heterocycles. The van der Waals surface area contributed by atoms with Crippen molar-refractivity contribution in [2.45, 2.75) is 38.7 Å². The maximum atomic E-state index is 6.12. The second kappa shape index (κ2) is 13.4. The highest BCUT2D eigenvalue weighted by atomic mass is 127. The summed E-state index contributed by atoms with van der Waals surface area (Å²) >= 11 is 0. The first kappa shape index (κ1) is 22.2. The molecule has 1 aromatic carbocycles. The average molecular weight is 461 g/mol. The van der Waals surface area contributed by atoms with E-state index in [-0.39, 0.29) is 30.1 Å². The quantitative estimate of drug-likeness (QED) is 0.257. The van der Waals surface area contributed by atoms with E-state index in [0.717, 1.165) is 45.0 Å². The Bertz CT molecular complexity index is 511. The van der Waals surface area contributed by atoms with Crippen LogP contribution >= 0.6 is 24.0 Å². The van der Waals surface area contributed by atoms with Crippen LogP contribution in [0.5, 0.6) is 0 Å². The van der Waals surface area contributed by atoms with Gasteiger partial charge in [-0.2, -0.15) is 0 Å². The zero-order chi connectivity index (χ0) is 17.0. The lowest BCUT2D eigenvalue weighted by atomic mass is 9.89. The van der Waals surface area contributed by atoms with Crippen molar-refractivity contribution in [3.63, 3.8) is 0 Å². The van der Waals surface area contributed by atoms with E-state index in [4.69, 9.17) is 9.47 Å². The molecule has 0 saturated heterocycles. The van der Waals surface area contributed by atoms with Gasteiger partial charge in [-0.3, -0.25) is 4.99 Å². The molecule has 1 aromatic rings. The number of aliphatic imine (C=N–C) groups is 1. The van der Waals surface area contributed by atoms with Crippen LogP contribution < -0.4 is 10.6 Å². The fourth-order valence-electron chi connectivity index (χ4n) is 2.98. The monoisotopic (exact) mass is 461 g/mol. The van der Waals surface area contributed by atoms with Crippen molar-refractivity contribution in [3.8, 4) is 0 Å². The second-order valence-electron chi connectivity index (χ2n) is 5.98. The van der Waals surface area contributed by atoms with E-state index in [9.17, 15) is 0 Å². The van der Waals surface area contributed by atoms with Gasteiger partial charge in [0, 0.05) is 33.4 Å². The van der Waals surface area contributed by atoms with Crippen LogP contribution in [0.3, 0.4) is 0 Å². The standard InChI is InChI=1S/C19H31N3O2.HI/c1-3-20-19(22-13-15-23-2)21-12-7-14-24-18-11-6-9-16-8-4-5-10-17(16)18;/h4-5,8,10,18H,3,6-7,9,11-15H2,1-2H3,(H2,20,21,22);1H. The van der Waals surface area contributed by atoms with Crippen LogP contribution in [0.15, 0.2) is 29.3 Å². The number of hydrogen-bond acceptors (Lipinski definition) is 3. The number of rotatable bonds is 9. The van der Waals surface area contributed by atoms with Crippen LogP contribution in [-0.2, 0) is 15.9 Å². The van der Waals surface area contributed by atoms with Crippen molar-refractivity contribution in [1.29, 1.82) is 0 Å². The fraction of sp³-hybridized carbons (Fsp3) is 0.632. The van der Waals surface area contributed by atoms with Gasteiger partial charge in [0.15, 0.2) is 5.96 Å². The predicted octanol–water partition coefficient (Wildman–Crippen LogP) is 3.29. The number of nitrogens with one attached hydrogen (secondary N) is 2. The Kier molecular flexibility index (Phi) is 11.9. The lowest BCUT2D eigenvalue weighted by Crippen LogP contribution is -2.39. The Labute approximate surface area is 169 Å². The Morgan fingerprint density at radius 2 is 2.08 bits per heavy atom. The number of halogens is 1. The fourth-order valence-corrected chi connectivity index (χ4v) is 2.98. The van der Waals surface area contributed by atoms with Gasteiger partial charge in [-0.1, -0.05) is 24.3 Å². The molecule has 0 aromatic heterocycles. The lowest BCUT2D eigenvalue weighted by molar-refractivity contribution is 0.0403. The molecule has 25 heavy (non-hydrogen) atoms. The lowest BCUT2D eigenvalue weighted by Gasteiger charge is -2.25. The molecule has 0 saturated carbocycles. The summed E-state index contributed by atoms with van der Waals surface area (Å²) in [6, 6.07) is 8.66. The van der Waals surface area contributed by atoms with Gasteiger partial charge in [0.2, 0.25) is 0 Å². The number of aryl methyl sites for hydroxylation is 1. The van der Waals surface area contributed by atoms with E-state index < -0.39 is 0 Å². The van der Waals surface area contributed by atoms with Gasteiger partial charge in [0.05, 0.1) is 12.7 Å². The van der Waals surface area contributed by atoms with Crippen LogP contribution in [0.25, 0.3) is 0 Å². The summed E-state index contributed by atoms with van der Waals surface area (Å²) in [6.07, 6.45) is 4.71. The van der Waals surface area contributed by atoms with Gasteiger partial charge in [-0.15, -0.1) is 24.0 Å². The van der Waals surface area contributed by atoms with Crippen molar-refractivity contribution < 1.29 is 9.47 Å². The number of fused-ring (bicyclic) bond motifs is 1. The SMILES string of the molecule is CCNC(=NCCCOC1CCCc2ccccc21)NCCOC.I. The predicted molar refractivity (Wildman–Crippen MR) is 114 cm³/mol. The number of methoxy groups -OCH3 is 1. The smallest absolute Gasteiger partial charge is 0.191 e. The molecule has 5 nitrogen and oxygen atoms in total. The third kappa shape index (κ3) is 7.92. The molecule has 2 N–H and O–H groups in total. The number of nitrogens with zero attached hydrogens (tertiary/aromatic N) is 1. The molecular weight excluding hydrogens is 429 g/mol. The zero-order valence-electron chi connectivity index (χ0n) is 15.4. The minimum atomic E-state index is 0. The highest BCUT2D eigenvalue weighted by Gasteiger charge is 2.19. The number of guanidine groups is 1. The highest BCUT2D eigenvalue weighted by molar-refractivity contribution is 14.0. The van der Waals surface area contributed by atoms with Crippen molar-refractivity contribution in [2.75, 3.05) is 40.0 Å². The number of ether oxygens (including phenoxy) is 2. The average Bonchev–Trinajstić information content (AvgIpc) is 2.61. The summed E-state index contributed by atoms with van der Waals surface area (Å²) in [6.45, 7) is 5.87. The van der Waals surface area contributed by atoms with Crippen molar-refractivity contribution >= 4 is 29.9 Å². The summed E-state index contributed by atoms with van der Waals surface area (Å²) in [5.74, 6) is 0.845. The molecule has 1 aliphatic carbocycles. The van der Waals surface area contributed by atoms with E-state index in [2.05, 4.69) is 46.8 Å². The molecule has 142 valence electrons. The maximum Gasteiger partial charge on any atom is 0.191 e. The molecule has 0 amide bonds. The molecule has 0 bridgehead atoms. The molecule has 0 radical (unpaired) electrons. The molecule has 0 fully saturated rings. The second-order valence-corrected chi connectivity index (χ2v) is 5.98. The van der Waals surface area contributed by atoms with E-state index >= 15 is 0 Å². The maximum absolute atomic E-state index is 6.12. The summed E-state index contributed by atoms with van der Waals surface area (Å²) < 4.78 is 11.2. The van der Waals surface area contributed by atoms with Gasteiger partial charge in [-0.05, 0) is 43.7 Å². The number of hydrogen-bond donors (Lipinski definition) is 2. The van der Waals surface area contributed by atoms with Crippen LogP contribution in [0.1, 0.15) is 43.4 Å². The molecule has 0 spiro atoms. The Balaban J connectivity index is 0.00000312. The van der Waals surface area contributed by atoms with Gasteiger partial charge >= 0.3 is 0 Å². The third-order valence-electron chi connectivity index (χ3n) is 4.15. The molecular formula is C19H32IN3O2. The molecule has 1 atom stereocenters. The van der Waals surface area contributed by atoms with Crippen molar-refractivity contribution in [2.24, 2.45) is 4.99 Å². The summed E-state index contributed by atoms with van der Waals surface area (Å²) in [4.78, 5) is 4.57. The third-order valence-corrected chi connectivity index (χ3v) is 4.15. The molecule has 1 unspecified atom stereocenters. The van der Waals surface area contributed by atoms with E-state index in [1.165, 1.54) is 24.0 Å². The van der Waals surface area contributed by atoms with Crippen LogP contribution in [0, 0.1) is 0 Å². The van der Waals surface area contributed by atoms with Gasteiger partial charge in [-0.25, -0.2) is 0 Å². The first-order chi connectivity index (χ1) is 11.8. The summed E-state index contributed by atoms with van der Waals surface area (Å²) in [5.41, 5.74) is 2.82. The Hall–Kier alpha value is -0.860. The van der Waals surface area contributed by atoms with E-state index in [1.54, 1.807) is 7.11 Å². The Morgan fingerprint density at radius 3 is 2.88 bits per heavy atom. The zero-order valence-corrected chi connectivity index (χ0v) is 17.8. The topological polar surface area (TPSA) is 54.9 Å². The van der Waals surface area contributed by atoms with Crippen LogP contribution in [0.4, 0.5) is 0 Å². The first-order valence-electron chi connectivity index (χ1n) is 9.05. The van der Waals surface area contributed by atoms with Gasteiger partial charge < -0.3 is 20.1 Å². The van der Waals surface area contributed by atoms with Crippen molar-refractivity contribution in [3.05, 3.63) is 35.4 Å². The van der Waals surface area contributed by atoms with Crippen LogP contribution in [0.2, 0.25) is 0 Å². The molecule has 6 heteroatoms. The highest BCUT2D eigenvalue weighted by Crippen LogP contribution is 2.32. The number of benzene rings is 1. The molecule has 1 aliphatic rings. The molecule has 0 aliphatic heterocycles. The first-order valence-corrected chi connectivity index (χ1v) is 9.05. The van der Waals surface area contributed by atoms with E-state index in [0.29, 0.717) is 6.61 Å². The van der Waals surface area contributed by atoms with E-state index in [1.807, 2.05) is 0 Å². The molecule has 2 rings (SSSR count). The normalized spacial score (nSPS) is 16.7. The van der Waals surface area contributed by atoms with Gasteiger partial charge in [0.25, 0.3) is 0 Å². The summed E-state index contributed by atoms with van der Waals surface area (Å²) in [5, 5.41) is 6.49. The van der Waals surface area contributed by atoms with Gasteiger partial charge in [0.1, 0.15) is 0 Å².